The lowest BCUT2D eigenvalue weighted by Gasteiger charge is -2.13. The van der Waals surface area contributed by atoms with Gasteiger partial charge in [-0.3, -0.25) is 4.79 Å². The van der Waals surface area contributed by atoms with Crippen molar-refractivity contribution >= 4 is 11.9 Å². The first-order valence-corrected chi connectivity index (χ1v) is 5.28. The van der Waals surface area contributed by atoms with Gasteiger partial charge < -0.3 is 15.7 Å². The van der Waals surface area contributed by atoms with Crippen molar-refractivity contribution in [3.05, 3.63) is 0 Å². The summed E-state index contributed by atoms with van der Waals surface area (Å²) >= 11 is 0. The Morgan fingerprint density at radius 2 is 2.00 bits per heavy atom. The highest BCUT2D eigenvalue weighted by Crippen LogP contribution is 1.91. The second-order valence-electron chi connectivity index (χ2n) is 3.50. The molecule has 0 radical (unpaired) electrons. The molecule has 0 aliphatic heterocycles. The van der Waals surface area contributed by atoms with Gasteiger partial charge >= 0.3 is 5.97 Å². The van der Waals surface area contributed by atoms with Crippen molar-refractivity contribution in [1.82, 2.24) is 10.6 Å². The molecule has 5 heteroatoms. The molecule has 5 nitrogen and oxygen atoms in total. The Morgan fingerprint density at radius 1 is 1.33 bits per heavy atom. The van der Waals surface area contributed by atoms with E-state index in [0.29, 0.717) is 0 Å². The van der Waals surface area contributed by atoms with Crippen LogP contribution in [0.3, 0.4) is 0 Å². The van der Waals surface area contributed by atoms with Crippen LogP contribution >= 0.6 is 0 Å². The summed E-state index contributed by atoms with van der Waals surface area (Å²) in [5.74, 6) is -1.33. The lowest BCUT2D eigenvalue weighted by atomic mass is 10.2. The molecule has 15 heavy (non-hydrogen) atoms. The number of unbranched alkanes of at least 4 members (excludes halogenated alkanes) is 2. The highest BCUT2D eigenvalue weighted by atomic mass is 16.4. The smallest absolute Gasteiger partial charge is 0.327 e. The molecule has 1 amide bonds. The number of amides is 1. The SMILES string of the molecule is CCCCCNCC(NC(C)=O)C(=O)O. The molecule has 0 aliphatic rings. The Morgan fingerprint density at radius 3 is 2.47 bits per heavy atom. The summed E-state index contributed by atoms with van der Waals surface area (Å²) in [5.41, 5.74) is 0. The van der Waals surface area contributed by atoms with E-state index in [1.54, 1.807) is 0 Å². The zero-order valence-corrected chi connectivity index (χ0v) is 9.38. The molecule has 3 N–H and O–H groups in total. The number of hydrogen-bond acceptors (Lipinski definition) is 3. The van der Waals surface area contributed by atoms with Gasteiger partial charge in [-0.15, -0.1) is 0 Å². The van der Waals surface area contributed by atoms with Crippen LogP contribution in [-0.4, -0.2) is 36.1 Å². The maximum Gasteiger partial charge on any atom is 0.327 e. The predicted octanol–water partition coefficient (Wildman–Crippen LogP) is 0.355. The fourth-order valence-corrected chi connectivity index (χ4v) is 1.19. The minimum Gasteiger partial charge on any atom is -0.480 e. The van der Waals surface area contributed by atoms with E-state index in [9.17, 15) is 9.59 Å². The largest absolute Gasteiger partial charge is 0.480 e. The van der Waals surface area contributed by atoms with E-state index in [1.165, 1.54) is 6.92 Å². The number of carbonyl (C=O) groups is 2. The third-order valence-electron chi connectivity index (χ3n) is 1.98. The van der Waals surface area contributed by atoms with Crippen molar-refractivity contribution in [3.8, 4) is 0 Å². The maximum absolute atomic E-state index is 10.7. The summed E-state index contributed by atoms with van der Waals surface area (Å²) in [4.78, 5) is 21.4. The van der Waals surface area contributed by atoms with E-state index in [0.717, 1.165) is 25.8 Å². The van der Waals surface area contributed by atoms with Gasteiger partial charge in [-0.05, 0) is 13.0 Å². The molecule has 0 aromatic carbocycles. The molecule has 1 unspecified atom stereocenters. The van der Waals surface area contributed by atoms with E-state index < -0.39 is 12.0 Å². The van der Waals surface area contributed by atoms with Gasteiger partial charge in [-0.1, -0.05) is 19.8 Å². The Labute approximate surface area is 90.2 Å². The number of carboxylic acid groups (broad SMARTS) is 1. The summed E-state index contributed by atoms with van der Waals surface area (Å²) in [6.07, 6.45) is 3.30. The fraction of sp³-hybridized carbons (Fsp3) is 0.800. The van der Waals surface area contributed by atoms with Crippen molar-refractivity contribution < 1.29 is 14.7 Å². The summed E-state index contributed by atoms with van der Waals surface area (Å²) < 4.78 is 0. The molecule has 1 atom stereocenters. The van der Waals surface area contributed by atoms with Gasteiger partial charge in [0.05, 0.1) is 0 Å². The number of carboxylic acids is 1. The molecule has 0 heterocycles. The van der Waals surface area contributed by atoms with Crippen molar-refractivity contribution in [2.75, 3.05) is 13.1 Å². The number of hydrogen-bond donors (Lipinski definition) is 3. The Balaban J connectivity index is 3.67. The molecular weight excluding hydrogens is 196 g/mol. The van der Waals surface area contributed by atoms with Crippen LogP contribution in [0.2, 0.25) is 0 Å². The molecule has 0 rings (SSSR count). The Hall–Kier alpha value is -1.10. The van der Waals surface area contributed by atoms with Gasteiger partial charge in [0.15, 0.2) is 0 Å². The minimum absolute atomic E-state index is 0.276. The molecule has 0 saturated heterocycles. The molecule has 0 bridgehead atoms. The van der Waals surface area contributed by atoms with Crippen LogP contribution in [0.1, 0.15) is 33.1 Å². The van der Waals surface area contributed by atoms with Gasteiger partial charge in [-0.25, -0.2) is 4.79 Å². The third-order valence-corrected chi connectivity index (χ3v) is 1.98. The first kappa shape index (κ1) is 13.9. The molecule has 0 saturated carbocycles. The standard InChI is InChI=1S/C10H20N2O3/c1-3-4-5-6-11-7-9(10(14)15)12-8(2)13/h9,11H,3-7H2,1-2H3,(H,12,13)(H,14,15). The normalized spacial score (nSPS) is 12.1. The van der Waals surface area contributed by atoms with Crippen LogP contribution in [0.25, 0.3) is 0 Å². The zero-order chi connectivity index (χ0) is 11.7. The van der Waals surface area contributed by atoms with Crippen LogP contribution in [0.15, 0.2) is 0 Å². The lowest BCUT2D eigenvalue weighted by Crippen LogP contribution is -2.46. The van der Waals surface area contributed by atoms with Gasteiger partial charge in [-0.2, -0.15) is 0 Å². The summed E-state index contributed by atoms with van der Waals surface area (Å²) in [6, 6.07) is -0.830. The number of aliphatic carboxylic acids is 1. The van der Waals surface area contributed by atoms with Crippen molar-refractivity contribution in [3.63, 3.8) is 0 Å². The monoisotopic (exact) mass is 216 g/mol. The summed E-state index contributed by atoms with van der Waals surface area (Å²) in [5, 5.41) is 14.2. The van der Waals surface area contributed by atoms with Gasteiger partial charge in [0.1, 0.15) is 6.04 Å². The third kappa shape index (κ3) is 7.93. The molecule has 0 fully saturated rings. The quantitative estimate of drug-likeness (QED) is 0.512. The van der Waals surface area contributed by atoms with Crippen molar-refractivity contribution in [2.45, 2.75) is 39.2 Å². The molecular formula is C10H20N2O3. The molecule has 0 aliphatic carbocycles. The van der Waals surface area contributed by atoms with Crippen LogP contribution < -0.4 is 10.6 Å². The highest BCUT2D eigenvalue weighted by Gasteiger charge is 2.16. The minimum atomic E-state index is -1.01. The lowest BCUT2D eigenvalue weighted by molar-refractivity contribution is -0.141. The van der Waals surface area contributed by atoms with Crippen LogP contribution in [-0.2, 0) is 9.59 Å². The Kier molecular flexibility index (Phi) is 7.62. The Bertz CT molecular complexity index is 207. The fourth-order valence-electron chi connectivity index (χ4n) is 1.19. The van der Waals surface area contributed by atoms with Gasteiger partial charge in [0.25, 0.3) is 0 Å². The second kappa shape index (κ2) is 8.23. The van der Waals surface area contributed by atoms with E-state index in [4.69, 9.17) is 5.11 Å². The predicted molar refractivity (Wildman–Crippen MR) is 57.6 cm³/mol. The van der Waals surface area contributed by atoms with Crippen LogP contribution in [0.5, 0.6) is 0 Å². The van der Waals surface area contributed by atoms with Gasteiger partial charge in [0, 0.05) is 13.5 Å². The molecule has 0 aromatic rings. The number of carbonyl (C=O) groups excluding carboxylic acids is 1. The van der Waals surface area contributed by atoms with Crippen molar-refractivity contribution in [2.24, 2.45) is 0 Å². The van der Waals surface area contributed by atoms with E-state index in [-0.39, 0.29) is 12.5 Å². The average Bonchev–Trinajstić information content (AvgIpc) is 2.15. The number of rotatable bonds is 8. The maximum atomic E-state index is 10.7. The molecule has 88 valence electrons. The summed E-state index contributed by atoms with van der Waals surface area (Å²) in [7, 11) is 0. The highest BCUT2D eigenvalue weighted by molar-refractivity contribution is 5.82. The molecule has 0 aromatic heterocycles. The van der Waals surface area contributed by atoms with E-state index >= 15 is 0 Å². The van der Waals surface area contributed by atoms with E-state index in [2.05, 4.69) is 17.6 Å². The van der Waals surface area contributed by atoms with Crippen molar-refractivity contribution in [1.29, 1.82) is 0 Å². The number of nitrogens with one attached hydrogen (secondary N) is 2. The first-order valence-electron chi connectivity index (χ1n) is 5.28. The first-order chi connectivity index (χ1) is 7.07. The van der Waals surface area contributed by atoms with E-state index in [1.807, 2.05) is 0 Å². The van der Waals surface area contributed by atoms with Gasteiger partial charge in [0.2, 0.25) is 5.91 Å². The summed E-state index contributed by atoms with van der Waals surface area (Å²) in [6.45, 7) is 4.49. The topological polar surface area (TPSA) is 78.4 Å². The molecule has 0 spiro atoms. The second-order valence-corrected chi connectivity index (χ2v) is 3.50. The van der Waals surface area contributed by atoms with Crippen LogP contribution in [0, 0.1) is 0 Å². The van der Waals surface area contributed by atoms with Crippen LogP contribution in [0.4, 0.5) is 0 Å². The zero-order valence-electron chi connectivity index (χ0n) is 9.38. The average molecular weight is 216 g/mol.